The highest BCUT2D eigenvalue weighted by Gasteiger charge is 2.18. The molecule has 0 aliphatic heterocycles. The summed E-state index contributed by atoms with van der Waals surface area (Å²) in [6.45, 7) is 1.60. The van der Waals surface area contributed by atoms with Crippen molar-refractivity contribution in [2.24, 2.45) is 11.5 Å². The number of rotatable bonds is 9. The van der Waals surface area contributed by atoms with E-state index in [-0.39, 0.29) is 5.56 Å². The number of primary amides is 2. The molecule has 1 aromatic carbocycles. The summed E-state index contributed by atoms with van der Waals surface area (Å²) < 4.78 is 0. The maximum Gasteiger partial charge on any atom is 0.250 e. The third-order valence-electron chi connectivity index (χ3n) is 3.57. The van der Waals surface area contributed by atoms with Crippen LogP contribution in [0.25, 0.3) is 0 Å². The minimum absolute atomic E-state index is 0.261. The molecule has 0 aliphatic rings. The summed E-state index contributed by atoms with van der Waals surface area (Å²) in [7, 11) is 0. The van der Waals surface area contributed by atoms with E-state index in [9.17, 15) is 9.59 Å². The second-order valence-electron chi connectivity index (χ2n) is 5.84. The number of thiophene rings is 1. The number of nitrogens with one attached hydrogen (secondary N) is 3. The Morgan fingerprint density at radius 2 is 2.07 bits per heavy atom. The van der Waals surface area contributed by atoms with Gasteiger partial charge in [0.25, 0.3) is 5.91 Å². The fraction of sp³-hybridized carbons (Fsp3) is 0.167. The molecule has 7 nitrogen and oxygen atoms in total. The predicted octanol–water partition coefficient (Wildman–Crippen LogP) is 2.58. The largest absolute Gasteiger partial charge is 0.373 e. The van der Waals surface area contributed by atoms with Gasteiger partial charge in [0.05, 0.1) is 16.3 Å². The molecule has 9 heteroatoms. The van der Waals surface area contributed by atoms with Gasteiger partial charge in [0, 0.05) is 22.7 Å². The third kappa shape index (κ3) is 6.15. The lowest BCUT2D eigenvalue weighted by Crippen LogP contribution is -2.37. The van der Waals surface area contributed by atoms with Crippen LogP contribution in [0.15, 0.2) is 46.8 Å². The average molecular weight is 404 g/mol. The van der Waals surface area contributed by atoms with Gasteiger partial charge in [0.2, 0.25) is 5.91 Å². The van der Waals surface area contributed by atoms with Gasteiger partial charge < -0.3 is 27.5 Å². The molecule has 0 bridgehead atoms. The smallest absolute Gasteiger partial charge is 0.250 e. The van der Waals surface area contributed by atoms with Crippen molar-refractivity contribution in [1.29, 1.82) is 5.41 Å². The molecule has 1 aromatic heterocycles. The second kappa shape index (κ2) is 9.24. The van der Waals surface area contributed by atoms with Gasteiger partial charge in [-0.05, 0) is 42.6 Å². The molecule has 1 unspecified atom stereocenters. The number of amides is 2. The first-order valence-electron chi connectivity index (χ1n) is 8.01. The molecule has 0 saturated heterocycles. The summed E-state index contributed by atoms with van der Waals surface area (Å²) >= 11 is 5.80. The summed E-state index contributed by atoms with van der Waals surface area (Å²) in [6.07, 6.45) is 1.95. The maximum absolute atomic E-state index is 11.8. The van der Waals surface area contributed by atoms with Gasteiger partial charge in [-0.2, -0.15) is 0 Å². The Morgan fingerprint density at radius 3 is 2.63 bits per heavy atom. The van der Waals surface area contributed by atoms with Crippen LogP contribution in [0, 0.1) is 5.41 Å². The fourth-order valence-electron chi connectivity index (χ4n) is 2.39. The molecule has 27 heavy (non-hydrogen) atoms. The zero-order chi connectivity index (χ0) is 20.0. The van der Waals surface area contributed by atoms with Gasteiger partial charge in [-0.15, -0.1) is 24.0 Å². The molecule has 0 fully saturated rings. The molecule has 1 heterocycles. The Balaban J connectivity index is 2.28. The van der Waals surface area contributed by atoms with E-state index in [0.717, 1.165) is 4.88 Å². The van der Waals surface area contributed by atoms with E-state index >= 15 is 0 Å². The molecule has 142 valence electrons. The van der Waals surface area contributed by atoms with Crippen LogP contribution in [0.4, 0.5) is 11.4 Å². The molecular formula is C18H21N5O2S2. The number of carbonyl (C=O) groups is 2. The van der Waals surface area contributed by atoms with E-state index in [1.165, 1.54) is 6.08 Å². The summed E-state index contributed by atoms with van der Waals surface area (Å²) in [5.41, 5.74) is 12.5. The van der Waals surface area contributed by atoms with Crippen LogP contribution in [0.3, 0.4) is 0 Å². The minimum Gasteiger partial charge on any atom is -0.373 e. The number of anilines is 2. The number of hydrogen-bond donors (Lipinski definition) is 6. The van der Waals surface area contributed by atoms with Crippen molar-refractivity contribution in [3.05, 3.63) is 57.3 Å². The monoisotopic (exact) mass is 403 g/mol. The highest BCUT2D eigenvalue weighted by atomic mass is 32.1. The van der Waals surface area contributed by atoms with Gasteiger partial charge in [-0.25, -0.2) is 0 Å². The lowest BCUT2D eigenvalue weighted by Gasteiger charge is -2.18. The van der Waals surface area contributed by atoms with E-state index in [1.54, 1.807) is 36.5 Å². The maximum atomic E-state index is 11.8. The standard InChI is InChI=1S/C18H21N5O2S2/c1-10(19)7-16(26)23-14-8-11(4-5-13(14)17(20)24)22-15(18(21)25)9-12-3-2-6-27-12/h2-8,15,19,22-23,26H,9H2,1H3,(H2,20,24)(H2,21,25)/b16-7-,19-10?. The predicted molar refractivity (Wildman–Crippen MR) is 114 cm³/mol. The van der Waals surface area contributed by atoms with Crippen molar-refractivity contribution in [2.75, 3.05) is 10.6 Å². The zero-order valence-corrected chi connectivity index (χ0v) is 16.4. The third-order valence-corrected chi connectivity index (χ3v) is 4.71. The number of nitrogens with two attached hydrogens (primary N) is 2. The number of hydrogen-bond acceptors (Lipinski definition) is 7. The van der Waals surface area contributed by atoms with Gasteiger partial charge in [-0.1, -0.05) is 6.07 Å². The van der Waals surface area contributed by atoms with Crippen molar-refractivity contribution in [3.8, 4) is 0 Å². The van der Waals surface area contributed by atoms with Crippen LogP contribution >= 0.6 is 24.0 Å². The summed E-state index contributed by atoms with van der Waals surface area (Å²) in [4.78, 5) is 24.5. The molecule has 0 aliphatic carbocycles. The number of thiol groups is 1. The van der Waals surface area contributed by atoms with Crippen LogP contribution in [0.2, 0.25) is 0 Å². The summed E-state index contributed by atoms with van der Waals surface area (Å²) in [5, 5.41) is 15.8. The molecule has 0 spiro atoms. The van der Waals surface area contributed by atoms with E-state index in [4.69, 9.17) is 16.9 Å². The van der Waals surface area contributed by atoms with Crippen molar-refractivity contribution in [1.82, 2.24) is 0 Å². The van der Waals surface area contributed by atoms with E-state index in [2.05, 4.69) is 23.3 Å². The van der Waals surface area contributed by atoms with Crippen molar-refractivity contribution in [3.63, 3.8) is 0 Å². The van der Waals surface area contributed by atoms with E-state index in [0.29, 0.717) is 28.5 Å². The molecule has 0 saturated carbocycles. The topological polar surface area (TPSA) is 134 Å². The lowest BCUT2D eigenvalue weighted by atomic mass is 10.1. The van der Waals surface area contributed by atoms with Crippen LogP contribution in [-0.2, 0) is 11.2 Å². The van der Waals surface area contributed by atoms with E-state index < -0.39 is 17.9 Å². The number of allylic oxidation sites excluding steroid dienone is 1. The Morgan fingerprint density at radius 1 is 1.33 bits per heavy atom. The Hall–Kier alpha value is -2.78. The molecule has 1 atom stereocenters. The molecule has 2 amide bonds. The molecule has 7 N–H and O–H groups in total. The lowest BCUT2D eigenvalue weighted by molar-refractivity contribution is -0.118. The molecule has 0 radical (unpaired) electrons. The van der Waals surface area contributed by atoms with Crippen molar-refractivity contribution < 1.29 is 9.59 Å². The van der Waals surface area contributed by atoms with Crippen LogP contribution in [0.5, 0.6) is 0 Å². The van der Waals surface area contributed by atoms with E-state index in [1.807, 2.05) is 17.5 Å². The number of carbonyl (C=O) groups excluding carboxylic acids is 2. The Bertz CT molecular complexity index is 878. The first-order chi connectivity index (χ1) is 12.8. The van der Waals surface area contributed by atoms with Gasteiger partial charge in [-0.3, -0.25) is 9.59 Å². The fourth-order valence-corrected chi connectivity index (χ4v) is 3.45. The SMILES string of the molecule is CC(=N)/C=C(\S)Nc1cc(NC(Cc2cccs2)C(N)=O)ccc1C(N)=O. The Labute approximate surface area is 166 Å². The zero-order valence-electron chi connectivity index (χ0n) is 14.7. The average Bonchev–Trinajstić information content (AvgIpc) is 3.06. The molecular weight excluding hydrogens is 382 g/mol. The quantitative estimate of drug-likeness (QED) is 0.283. The summed E-state index contributed by atoms with van der Waals surface area (Å²) in [5.74, 6) is -1.09. The van der Waals surface area contributed by atoms with Crippen molar-refractivity contribution in [2.45, 2.75) is 19.4 Å². The van der Waals surface area contributed by atoms with Crippen molar-refractivity contribution >= 4 is 52.9 Å². The number of benzene rings is 1. The van der Waals surface area contributed by atoms with Gasteiger partial charge in [0.1, 0.15) is 6.04 Å². The highest BCUT2D eigenvalue weighted by molar-refractivity contribution is 7.84. The summed E-state index contributed by atoms with van der Waals surface area (Å²) in [6, 6.07) is 8.09. The molecule has 2 aromatic rings. The van der Waals surface area contributed by atoms with Gasteiger partial charge >= 0.3 is 0 Å². The first-order valence-corrected chi connectivity index (χ1v) is 9.34. The second-order valence-corrected chi connectivity index (χ2v) is 7.36. The molecule has 2 rings (SSSR count). The minimum atomic E-state index is -0.609. The highest BCUT2D eigenvalue weighted by Crippen LogP contribution is 2.24. The van der Waals surface area contributed by atoms with Crippen LogP contribution in [0.1, 0.15) is 22.2 Å². The van der Waals surface area contributed by atoms with Gasteiger partial charge in [0.15, 0.2) is 0 Å². The Kier molecular flexibility index (Phi) is 7.03. The normalized spacial score (nSPS) is 12.3. The van der Waals surface area contributed by atoms with Crippen LogP contribution < -0.4 is 22.1 Å². The first kappa shape index (κ1) is 20.5. The van der Waals surface area contributed by atoms with Crippen LogP contribution in [-0.4, -0.2) is 23.6 Å².